The van der Waals surface area contributed by atoms with E-state index in [0.717, 1.165) is 19.5 Å². The minimum atomic E-state index is 0.135. The van der Waals surface area contributed by atoms with Gasteiger partial charge in [0.2, 0.25) is 0 Å². The van der Waals surface area contributed by atoms with Gasteiger partial charge in [0.05, 0.1) is 0 Å². The van der Waals surface area contributed by atoms with E-state index in [4.69, 9.17) is 5.73 Å². The maximum Gasteiger partial charge on any atom is 0.0482 e. The summed E-state index contributed by atoms with van der Waals surface area (Å²) in [6.07, 6.45) is 6.21. The Kier molecular flexibility index (Phi) is 5.22. The van der Waals surface area contributed by atoms with Gasteiger partial charge in [-0.1, -0.05) is 57.9 Å². The van der Waals surface area contributed by atoms with Crippen LogP contribution in [0.5, 0.6) is 0 Å². The van der Waals surface area contributed by atoms with Gasteiger partial charge < -0.3 is 5.73 Å². The number of aryl methyl sites for hydroxylation is 1. The summed E-state index contributed by atoms with van der Waals surface area (Å²) in [5.74, 6) is 0. The summed E-state index contributed by atoms with van der Waals surface area (Å²) in [7, 11) is 0. The molecule has 20 heavy (non-hydrogen) atoms. The monoisotopic (exact) mass is 274 g/mol. The fourth-order valence-electron chi connectivity index (χ4n) is 3.94. The molecule has 1 aromatic rings. The van der Waals surface area contributed by atoms with E-state index in [0.29, 0.717) is 0 Å². The van der Waals surface area contributed by atoms with Crippen LogP contribution < -0.4 is 5.73 Å². The lowest BCUT2D eigenvalue weighted by Crippen LogP contribution is -2.53. The summed E-state index contributed by atoms with van der Waals surface area (Å²) in [5, 5.41) is 0. The fourth-order valence-corrected chi connectivity index (χ4v) is 3.94. The molecule has 1 aliphatic carbocycles. The molecule has 2 rings (SSSR count). The maximum atomic E-state index is 6.74. The van der Waals surface area contributed by atoms with Crippen molar-refractivity contribution in [3.05, 3.63) is 35.4 Å². The topological polar surface area (TPSA) is 29.3 Å². The lowest BCUT2D eigenvalue weighted by Gasteiger charge is -2.45. The van der Waals surface area contributed by atoms with Crippen LogP contribution in [-0.2, 0) is 6.42 Å². The standard InChI is InChI=1S/C18H30N2/c1-4-15-9-11-16(12-10-15)17(19)18(13-7-8-14-18)20(5-2)6-3/h9-12,17H,4-8,13-14,19H2,1-3H3. The zero-order valence-electron chi connectivity index (χ0n) is 13.4. The predicted octanol–water partition coefficient (Wildman–Crippen LogP) is 3.90. The molecule has 0 aromatic heterocycles. The molecule has 1 aromatic carbocycles. The van der Waals surface area contributed by atoms with E-state index in [2.05, 4.69) is 49.9 Å². The Morgan fingerprint density at radius 2 is 1.60 bits per heavy atom. The molecule has 1 fully saturated rings. The summed E-state index contributed by atoms with van der Waals surface area (Å²) in [4.78, 5) is 2.60. The lowest BCUT2D eigenvalue weighted by atomic mass is 9.82. The lowest BCUT2D eigenvalue weighted by molar-refractivity contribution is 0.0770. The number of nitrogens with zero attached hydrogens (tertiary/aromatic N) is 1. The van der Waals surface area contributed by atoms with Crippen LogP contribution in [0.1, 0.15) is 63.6 Å². The average molecular weight is 274 g/mol. The smallest absolute Gasteiger partial charge is 0.0482 e. The molecule has 1 aliphatic rings. The number of hydrogen-bond donors (Lipinski definition) is 1. The first-order chi connectivity index (χ1) is 9.67. The first kappa shape index (κ1) is 15.5. The van der Waals surface area contributed by atoms with Gasteiger partial charge >= 0.3 is 0 Å². The molecule has 2 nitrogen and oxygen atoms in total. The van der Waals surface area contributed by atoms with Crippen molar-refractivity contribution < 1.29 is 0 Å². The third-order valence-corrected chi connectivity index (χ3v) is 5.19. The normalized spacial score (nSPS) is 19.4. The van der Waals surface area contributed by atoms with Gasteiger partial charge in [-0.25, -0.2) is 0 Å². The molecule has 0 bridgehead atoms. The molecule has 0 spiro atoms. The van der Waals surface area contributed by atoms with Gasteiger partial charge in [0.25, 0.3) is 0 Å². The third kappa shape index (κ3) is 2.77. The molecule has 1 saturated carbocycles. The highest BCUT2D eigenvalue weighted by molar-refractivity contribution is 5.28. The summed E-state index contributed by atoms with van der Waals surface area (Å²) >= 11 is 0. The van der Waals surface area contributed by atoms with E-state index >= 15 is 0 Å². The van der Waals surface area contributed by atoms with Crippen molar-refractivity contribution in [1.82, 2.24) is 4.90 Å². The Hall–Kier alpha value is -0.860. The van der Waals surface area contributed by atoms with Gasteiger partial charge in [0.1, 0.15) is 0 Å². The number of rotatable bonds is 6. The molecule has 0 amide bonds. The largest absolute Gasteiger partial charge is 0.322 e. The fraction of sp³-hybridized carbons (Fsp3) is 0.667. The molecule has 2 heteroatoms. The van der Waals surface area contributed by atoms with Crippen LogP contribution in [0.15, 0.2) is 24.3 Å². The highest BCUT2D eigenvalue weighted by Gasteiger charge is 2.43. The molecular weight excluding hydrogens is 244 g/mol. The minimum absolute atomic E-state index is 0.135. The van der Waals surface area contributed by atoms with Crippen molar-refractivity contribution in [3.63, 3.8) is 0 Å². The van der Waals surface area contributed by atoms with E-state index < -0.39 is 0 Å². The zero-order valence-corrected chi connectivity index (χ0v) is 13.4. The first-order valence-corrected chi connectivity index (χ1v) is 8.27. The number of benzene rings is 1. The van der Waals surface area contributed by atoms with Crippen molar-refractivity contribution in [1.29, 1.82) is 0 Å². The quantitative estimate of drug-likeness (QED) is 0.852. The third-order valence-electron chi connectivity index (χ3n) is 5.19. The number of likely N-dealkylation sites (N-methyl/N-ethyl adjacent to an activating group) is 1. The number of nitrogens with two attached hydrogens (primary N) is 1. The maximum absolute atomic E-state index is 6.74. The van der Waals surface area contributed by atoms with Gasteiger partial charge in [-0.2, -0.15) is 0 Å². The van der Waals surface area contributed by atoms with Crippen molar-refractivity contribution in [2.24, 2.45) is 5.73 Å². The van der Waals surface area contributed by atoms with Crippen molar-refractivity contribution in [2.75, 3.05) is 13.1 Å². The number of hydrogen-bond acceptors (Lipinski definition) is 2. The molecule has 0 heterocycles. The van der Waals surface area contributed by atoms with Crippen molar-refractivity contribution in [3.8, 4) is 0 Å². The van der Waals surface area contributed by atoms with Crippen LogP contribution in [0.4, 0.5) is 0 Å². The van der Waals surface area contributed by atoms with Gasteiger partial charge in [-0.15, -0.1) is 0 Å². The Labute approximate surface area is 124 Å². The molecular formula is C18H30N2. The second-order valence-electron chi connectivity index (χ2n) is 6.06. The highest BCUT2D eigenvalue weighted by atomic mass is 15.2. The summed E-state index contributed by atoms with van der Waals surface area (Å²) in [6, 6.07) is 9.09. The average Bonchev–Trinajstić information content (AvgIpc) is 2.98. The van der Waals surface area contributed by atoms with E-state index in [-0.39, 0.29) is 11.6 Å². The second kappa shape index (κ2) is 6.73. The molecule has 0 radical (unpaired) electrons. The molecule has 0 saturated heterocycles. The predicted molar refractivity (Wildman–Crippen MR) is 86.9 cm³/mol. The van der Waals surface area contributed by atoms with Gasteiger partial charge in [0, 0.05) is 11.6 Å². The Morgan fingerprint density at radius 3 is 2.05 bits per heavy atom. The van der Waals surface area contributed by atoms with Crippen molar-refractivity contribution in [2.45, 2.75) is 64.5 Å². The molecule has 112 valence electrons. The van der Waals surface area contributed by atoms with Crippen LogP contribution in [-0.4, -0.2) is 23.5 Å². The summed E-state index contributed by atoms with van der Waals surface area (Å²) in [5.41, 5.74) is 9.61. The summed E-state index contributed by atoms with van der Waals surface area (Å²) < 4.78 is 0. The van der Waals surface area contributed by atoms with E-state index in [9.17, 15) is 0 Å². The van der Waals surface area contributed by atoms with E-state index in [1.54, 1.807) is 0 Å². The zero-order chi connectivity index (χ0) is 14.6. The Balaban J connectivity index is 2.28. The second-order valence-corrected chi connectivity index (χ2v) is 6.06. The molecule has 1 unspecified atom stereocenters. The summed E-state index contributed by atoms with van der Waals surface area (Å²) in [6.45, 7) is 8.91. The minimum Gasteiger partial charge on any atom is -0.322 e. The van der Waals surface area contributed by atoms with Gasteiger partial charge in [0.15, 0.2) is 0 Å². The van der Waals surface area contributed by atoms with Gasteiger partial charge in [-0.05, 0) is 43.5 Å². The molecule has 1 atom stereocenters. The van der Waals surface area contributed by atoms with E-state index in [1.807, 2.05) is 0 Å². The van der Waals surface area contributed by atoms with Crippen LogP contribution in [0.2, 0.25) is 0 Å². The first-order valence-electron chi connectivity index (χ1n) is 8.27. The van der Waals surface area contributed by atoms with Crippen molar-refractivity contribution >= 4 is 0 Å². The van der Waals surface area contributed by atoms with Crippen LogP contribution >= 0.6 is 0 Å². The van der Waals surface area contributed by atoms with Crippen LogP contribution in [0, 0.1) is 0 Å². The highest BCUT2D eigenvalue weighted by Crippen LogP contribution is 2.43. The van der Waals surface area contributed by atoms with E-state index in [1.165, 1.54) is 36.8 Å². The molecule has 0 aliphatic heterocycles. The Bertz CT molecular complexity index is 400. The van der Waals surface area contributed by atoms with Gasteiger partial charge in [-0.3, -0.25) is 4.90 Å². The van der Waals surface area contributed by atoms with Crippen LogP contribution in [0.25, 0.3) is 0 Å². The Morgan fingerprint density at radius 1 is 1.05 bits per heavy atom. The molecule has 2 N–H and O–H groups in total. The SMILES string of the molecule is CCc1ccc(C(N)C2(N(CC)CC)CCCC2)cc1. The van der Waals surface area contributed by atoms with Crippen LogP contribution in [0.3, 0.4) is 0 Å².